The Bertz CT molecular complexity index is 692. The largest absolute Gasteiger partial charge is 0.395 e. The van der Waals surface area contributed by atoms with Crippen molar-refractivity contribution in [1.82, 2.24) is 4.90 Å². The maximum atomic E-state index is 10.0. The van der Waals surface area contributed by atoms with E-state index in [0.29, 0.717) is 25.7 Å². The predicted octanol–water partition coefficient (Wildman–Crippen LogP) is 1.60. The van der Waals surface area contributed by atoms with Crippen LogP contribution in [0.15, 0.2) is 54.1 Å². The molecule has 1 saturated heterocycles. The van der Waals surface area contributed by atoms with Crippen LogP contribution in [0.4, 0.5) is 0 Å². The Hall–Kier alpha value is -1.54. The highest BCUT2D eigenvalue weighted by Gasteiger charge is 2.40. The molecule has 1 aromatic carbocycles. The van der Waals surface area contributed by atoms with Crippen molar-refractivity contribution in [3.05, 3.63) is 59.7 Å². The van der Waals surface area contributed by atoms with Crippen molar-refractivity contribution in [2.24, 2.45) is 0 Å². The third-order valence-electron chi connectivity index (χ3n) is 6.12. The lowest BCUT2D eigenvalue weighted by Gasteiger charge is -2.43. The van der Waals surface area contributed by atoms with E-state index in [1.165, 1.54) is 11.1 Å². The summed E-state index contributed by atoms with van der Waals surface area (Å²) in [6, 6.07) is 10.0. The topological polar surface area (TPSA) is 93.4 Å². The Labute approximate surface area is 179 Å². The summed E-state index contributed by atoms with van der Waals surface area (Å²) in [5, 5.41) is 39.1. The Morgan fingerprint density at radius 2 is 1.80 bits per heavy atom. The van der Waals surface area contributed by atoms with Crippen molar-refractivity contribution in [3.63, 3.8) is 0 Å². The highest BCUT2D eigenvalue weighted by atomic mass is 16.5. The molecule has 1 aromatic rings. The van der Waals surface area contributed by atoms with E-state index < -0.39 is 24.4 Å². The van der Waals surface area contributed by atoms with Gasteiger partial charge in [0.05, 0.1) is 25.4 Å². The van der Waals surface area contributed by atoms with Crippen LogP contribution in [-0.4, -0.2) is 82.6 Å². The van der Waals surface area contributed by atoms with Crippen LogP contribution < -0.4 is 0 Å². The second-order valence-electron chi connectivity index (χ2n) is 8.30. The second-order valence-corrected chi connectivity index (χ2v) is 8.30. The van der Waals surface area contributed by atoms with Crippen LogP contribution in [0.5, 0.6) is 0 Å². The lowest BCUT2D eigenvalue weighted by Crippen LogP contribution is -2.62. The molecule has 1 fully saturated rings. The summed E-state index contributed by atoms with van der Waals surface area (Å²) >= 11 is 0. The SMILES string of the molecule is OC[C@H]1[C@@H](O)[C@H](O)[C@@H](O)CN1CCCCCOCC1=CC[C@H](c2ccccc2)C=C1. The van der Waals surface area contributed by atoms with Gasteiger partial charge >= 0.3 is 0 Å². The number of allylic oxidation sites excluding steroid dienone is 2. The highest BCUT2D eigenvalue weighted by Crippen LogP contribution is 2.26. The van der Waals surface area contributed by atoms with E-state index in [4.69, 9.17) is 4.74 Å². The number of piperidine rings is 1. The predicted molar refractivity (Wildman–Crippen MR) is 116 cm³/mol. The molecule has 0 aromatic heterocycles. The number of benzene rings is 1. The van der Waals surface area contributed by atoms with Crippen LogP contribution in [0.2, 0.25) is 0 Å². The van der Waals surface area contributed by atoms with Crippen molar-refractivity contribution in [1.29, 1.82) is 0 Å². The fourth-order valence-electron chi connectivity index (χ4n) is 4.24. The average Bonchev–Trinajstić information content (AvgIpc) is 2.78. The molecule has 5 atom stereocenters. The summed E-state index contributed by atoms with van der Waals surface area (Å²) in [4.78, 5) is 1.86. The summed E-state index contributed by atoms with van der Waals surface area (Å²) in [6.07, 6.45) is 7.17. The number of hydrogen-bond donors (Lipinski definition) is 4. The first-order valence-corrected chi connectivity index (χ1v) is 11.0. The van der Waals surface area contributed by atoms with Crippen molar-refractivity contribution in [3.8, 4) is 0 Å². The third-order valence-corrected chi connectivity index (χ3v) is 6.12. The summed E-state index contributed by atoms with van der Waals surface area (Å²) in [5.74, 6) is 0.450. The number of ether oxygens (including phenoxy) is 1. The number of hydrogen-bond acceptors (Lipinski definition) is 6. The lowest BCUT2D eigenvalue weighted by atomic mass is 9.90. The van der Waals surface area contributed by atoms with Gasteiger partial charge in [-0.3, -0.25) is 4.90 Å². The van der Waals surface area contributed by atoms with Crippen LogP contribution in [0, 0.1) is 0 Å². The van der Waals surface area contributed by atoms with E-state index in [0.717, 1.165) is 25.7 Å². The molecule has 0 radical (unpaired) electrons. The molecule has 6 heteroatoms. The van der Waals surface area contributed by atoms with Crippen LogP contribution in [-0.2, 0) is 4.74 Å². The van der Waals surface area contributed by atoms with Gasteiger partial charge < -0.3 is 25.2 Å². The van der Waals surface area contributed by atoms with Gasteiger partial charge in [0.2, 0.25) is 0 Å². The van der Waals surface area contributed by atoms with Gasteiger partial charge in [-0.1, -0.05) is 48.6 Å². The highest BCUT2D eigenvalue weighted by molar-refractivity contribution is 5.32. The van der Waals surface area contributed by atoms with E-state index in [2.05, 4.69) is 42.5 Å². The van der Waals surface area contributed by atoms with Crippen LogP contribution in [0.25, 0.3) is 0 Å². The summed E-state index contributed by atoms with van der Waals surface area (Å²) < 4.78 is 5.81. The lowest BCUT2D eigenvalue weighted by molar-refractivity contribution is -0.145. The Morgan fingerprint density at radius 3 is 2.50 bits per heavy atom. The number of nitrogens with zero attached hydrogens (tertiary/aromatic N) is 1. The number of aliphatic hydroxyl groups excluding tert-OH is 4. The zero-order valence-electron chi connectivity index (χ0n) is 17.5. The first kappa shape index (κ1) is 23.1. The fourth-order valence-corrected chi connectivity index (χ4v) is 4.24. The molecule has 166 valence electrons. The van der Waals surface area contributed by atoms with E-state index in [1.54, 1.807) is 0 Å². The maximum Gasteiger partial charge on any atom is 0.109 e. The molecule has 30 heavy (non-hydrogen) atoms. The smallest absolute Gasteiger partial charge is 0.109 e. The van der Waals surface area contributed by atoms with Gasteiger partial charge in [-0.25, -0.2) is 0 Å². The second kappa shape index (κ2) is 11.7. The molecule has 3 rings (SSSR count). The summed E-state index contributed by atoms with van der Waals surface area (Å²) in [5.41, 5.74) is 2.57. The van der Waals surface area contributed by atoms with Crippen molar-refractivity contribution >= 4 is 0 Å². The molecular weight excluding hydrogens is 382 g/mol. The monoisotopic (exact) mass is 417 g/mol. The van der Waals surface area contributed by atoms with E-state index in [1.807, 2.05) is 11.0 Å². The molecule has 4 N–H and O–H groups in total. The standard InChI is InChI=1S/C24H35NO5/c26-16-21-23(28)24(29)22(27)15-25(21)13-5-2-6-14-30-17-18-9-11-20(12-10-18)19-7-3-1-4-8-19/h1,3-4,7-11,20-24,26-29H,2,5-6,12-17H2/t20-,21+,22+,23-,24-/m1/s1. The van der Waals surface area contributed by atoms with Gasteiger partial charge in [-0.05, 0) is 43.4 Å². The molecule has 1 heterocycles. The zero-order valence-corrected chi connectivity index (χ0v) is 17.5. The van der Waals surface area contributed by atoms with E-state index >= 15 is 0 Å². The van der Waals surface area contributed by atoms with Gasteiger partial charge in [-0.2, -0.15) is 0 Å². The van der Waals surface area contributed by atoms with Gasteiger partial charge in [0.25, 0.3) is 0 Å². The van der Waals surface area contributed by atoms with Gasteiger partial charge in [0.15, 0.2) is 0 Å². The number of likely N-dealkylation sites (tertiary alicyclic amines) is 1. The minimum Gasteiger partial charge on any atom is -0.395 e. The molecule has 0 saturated carbocycles. The third kappa shape index (κ3) is 6.23. The van der Waals surface area contributed by atoms with E-state index in [9.17, 15) is 20.4 Å². The maximum absolute atomic E-state index is 10.0. The summed E-state index contributed by atoms with van der Waals surface area (Å²) in [6.45, 7) is 2.03. The first-order chi connectivity index (χ1) is 14.6. The summed E-state index contributed by atoms with van der Waals surface area (Å²) in [7, 11) is 0. The van der Waals surface area contributed by atoms with Crippen LogP contribution in [0.1, 0.15) is 37.2 Å². The van der Waals surface area contributed by atoms with Crippen molar-refractivity contribution in [2.45, 2.75) is 56.0 Å². The minimum atomic E-state index is -1.20. The molecular formula is C24H35NO5. The molecule has 0 bridgehead atoms. The molecule has 0 amide bonds. The normalized spacial score (nSPS) is 29.7. The zero-order chi connectivity index (χ0) is 21.3. The van der Waals surface area contributed by atoms with Gasteiger partial charge in [0.1, 0.15) is 12.2 Å². The van der Waals surface area contributed by atoms with Gasteiger partial charge in [-0.15, -0.1) is 0 Å². The first-order valence-electron chi connectivity index (χ1n) is 11.0. The minimum absolute atomic E-state index is 0.234. The number of unbranched alkanes of at least 4 members (excludes halogenated alkanes) is 2. The number of rotatable bonds is 10. The van der Waals surface area contributed by atoms with E-state index in [-0.39, 0.29) is 13.2 Å². The molecule has 6 nitrogen and oxygen atoms in total. The molecule has 0 unspecified atom stereocenters. The molecule has 2 aliphatic rings. The van der Waals surface area contributed by atoms with Crippen LogP contribution in [0.3, 0.4) is 0 Å². The average molecular weight is 418 g/mol. The quantitative estimate of drug-likeness (QED) is 0.432. The molecule has 0 spiro atoms. The number of β-amino-alcohol motifs (C(OH)–C–C–N with tert-alkyl or cyclic N) is 1. The van der Waals surface area contributed by atoms with Crippen molar-refractivity contribution < 1.29 is 25.2 Å². The Balaban J connectivity index is 1.27. The molecule has 1 aliphatic heterocycles. The fraction of sp³-hybridized carbons (Fsp3) is 0.583. The van der Waals surface area contributed by atoms with Crippen LogP contribution >= 0.6 is 0 Å². The van der Waals surface area contributed by atoms with Gasteiger partial charge in [0, 0.05) is 19.1 Å². The molecule has 1 aliphatic carbocycles. The Morgan fingerprint density at radius 1 is 1.00 bits per heavy atom. The Kier molecular flexibility index (Phi) is 9.05. The van der Waals surface area contributed by atoms with Crippen molar-refractivity contribution in [2.75, 3.05) is 32.9 Å². The number of aliphatic hydroxyl groups is 4.